The number of carbonyl (C=O) groups is 3. The van der Waals surface area contributed by atoms with Crippen molar-refractivity contribution in [2.24, 2.45) is 0 Å². The summed E-state index contributed by atoms with van der Waals surface area (Å²) in [6, 6.07) is 8.90. The number of nitriles is 1. The summed E-state index contributed by atoms with van der Waals surface area (Å²) < 4.78 is 1.91. The van der Waals surface area contributed by atoms with Gasteiger partial charge in [0.15, 0.2) is 5.57 Å². The van der Waals surface area contributed by atoms with Gasteiger partial charge in [-0.1, -0.05) is 12.0 Å². The molecule has 0 atom stereocenters. The van der Waals surface area contributed by atoms with E-state index in [4.69, 9.17) is 6.42 Å². The number of hydrogen-bond acceptors (Lipinski definition) is 8. The van der Waals surface area contributed by atoms with Crippen LogP contribution in [0.25, 0.3) is 11.8 Å². The third-order valence-electron chi connectivity index (χ3n) is 5.83. The third-order valence-corrected chi connectivity index (χ3v) is 6.96. The second kappa shape index (κ2) is 13.2. The summed E-state index contributed by atoms with van der Waals surface area (Å²) >= 11 is 1.02. The van der Waals surface area contributed by atoms with Crippen LogP contribution in [-0.4, -0.2) is 71.4 Å². The van der Waals surface area contributed by atoms with Gasteiger partial charge < -0.3 is 20.9 Å². The average Bonchev–Trinajstić information content (AvgIpc) is 3.21. The lowest BCUT2D eigenvalue weighted by Crippen LogP contribution is -2.49. The van der Waals surface area contributed by atoms with E-state index in [1.54, 1.807) is 43.0 Å². The molecule has 1 saturated heterocycles. The molecule has 3 amide bonds. The minimum atomic E-state index is -0.641. The standard InChI is InChI=1S/C26H29N7O4S/c1-4-9-28-24(36)21(15-27)26-33(5-2)25(37)22(38-26)16-29-19-7-6-8-20(14-19)30-23(35)17-31-10-12-32(13-11-31)18(3)34/h1,6-8,14,16,29H,5,9-13,17H2,2-3H3,(H,28,36)(H,30,35). The molecule has 1 aromatic carbocycles. The maximum absolute atomic E-state index is 12.9. The van der Waals surface area contributed by atoms with Crippen molar-refractivity contribution < 1.29 is 14.4 Å². The molecule has 198 valence electrons. The molecule has 1 fully saturated rings. The zero-order valence-corrected chi connectivity index (χ0v) is 22.1. The first-order valence-electron chi connectivity index (χ1n) is 12.0. The Hall–Kier alpha value is -4.39. The maximum Gasteiger partial charge on any atom is 0.270 e. The fraction of sp³-hybridized carbons (Fsp3) is 0.346. The Bertz CT molecular complexity index is 1470. The number of amides is 3. The van der Waals surface area contributed by atoms with Crippen molar-refractivity contribution >= 4 is 52.2 Å². The van der Waals surface area contributed by atoms with Crippen LogP contribution in [0.5, 0.6) is 0 Å². The van der Waals surface area contributed by atoms with Crippen molar-refractivity contribution in [1.82, 2.24) is 19.7 Å². The Labute approximate surface area is 224 Å². The molecule has 0 spiro atoms. The highest BCUT2D eigenvalue weighted by atomic mass is 32.1. The summed E-state index contributed by atoms with van der Waals surface area (Å²) in [5, 5.41) is 17.9. The van der Waals surface area contributed by atoms with Gasteiger partial charge in [0.2, 0.25) is 11.8 Å². The first kappa shape index (κ1) is 28.2. The van der Waals surface area contributed by atoms with Crippen molar-refractivity contribution in [3.05, 3.63) is 43.8 Å². The van der Waals surface area contributed by atoms with Crippen LogP contribution in [0.4, 0.5) is 11.4 Å². The molecular weight excluding hydrogens is 506 g/mol. The summed E-state index contributed by atoms with van der Waals surface area (Å²) in [5.41, 5.74) is 0.688. The van der Waals surface area contributed by atoms with Gasteiger partial charge in [0.05, 0.1) is 13.1 Å². The van der Waals surface area contributed by atoms with Crippen LogP contribution in [0.1, 0.15) is 13.8 Å². The molecule has 2 aromatic rings. The molecule has 0 bridgehead atoms. The number of rotatable bonds is 8. The van der Waals surface area contributed by atoms with Crippen LogP contribution in [0.15, 0.2) is 29.1 Å². The monoisotopic (exact) mass is 535 g/mol. The van der Waals surface area contributed by atoms with Gasteiger partial charge in [-0.15, -0.1) is 17.8 Å². The zero-order chi connectivity index (χ0) is 27.7. The third kappa shape index (κ3) is 7.09. The predicted molar refractivity (Wildman–Crippen MR) is 146 cm³/mol. The molecule has 0 unspecified atom stereocenters. The summed E-state index contributed by atoms with van der Waals surface area (Å²) in [4.78, 5) is 53.0. The van der Waals surface area contributed by atoms with E-state index in [9.17, 15) is 24.4 Å². The lowest BCUT2D eigenvalue weighted by Gasteiger charge is -2.33. The van der Waals surface area contributed by atoms with E-state index in [0.717, 1.165) is 11.3 Å². The van der Waals surface area contributed by atoms with Gasteiger partial charge in [-0.2, -0.15) is 5.26 Å². The first-order valence-corrected chi connectivity index (χ1v) is 12.8. The van der Waals surface area contributed by atoms with Crippen LogP contribution in [0.2, 0.25) is 0 Å². The number of thiazole rings is 1. The fourth-order valence-corrected chi connectivity index (χ4v) is 4.95. The maximum atomic E-state index is 12.9. The topological polar surface area (TPSA) is 140 Å². The van der Waals surface area contributed by atoms with Crippen molar-refractivity contribution in [2.75, 3.05) is 49.9 Å². The van der Waals surface area contributed by atoms with E-state index in [-0.39, 0.29) is 47.2 Å². The highest BCUT2D eigenvalue weighted by molar-refractivity contribution is 7.07. The van der Waals surface area contributed by atoms with E-state index in [1.165, 1.54) is 10.8 Å². The Kier molecular flexibility index (Phi) is 9.82. The minimum Gasteiger partial charge on any atom is -0.360 e. The highest BCUT2D eigenvalue weighted by Gasteiger charge is 2.20. The average molecular weight is 536 g/mol. The molecule has 12 heteroatoms. The fourth-order valence-electron chi connectivity index (χ4n) is 3.87. The number of nitrogens with one attached hydrogen (secondary N) is 3. The number of terminal acetylenes is 1. The predicted octanol–water partition coefficient (Wildman–Crippen LogP) is -0.694. The van der Waals surface area contributed by atoms with E-state index in [0.29, 0.717) is 42.1 Å². The summed E-state index contributed by atoms with van der Waals surface area (Å²) in [5.74, 6) is 1.51. The molecule has 38 heavy (non-hydrogen) atoms. The zero-order valence-electron chi connectivity index (χ0n) is 21.2. The molecule has 0 aliphatic carbocycles. The first-order chi connectivity index (χ1) is 18.3. The number of nitrogens with zero attached hydrogens (tertiary/aromatic N) is 4. The quantitative estimate of drug-likeness (QED) is 0.380. The molecule has 1 aliphatic rings. The van der Waals surface area contributed by atoms with Crippen LogP contribution in [0.3, 0.4) is 0 Å². The summed E-state index contributed by atoms with van der Waals surface area (Å²) in [7, 11) is 0. The second-order valence-corrected chi connectivity index (χ2v) is 9.43. The molecule has 2 heterocycles. The Morgan fingerprint density at radius 1 is 1.18 bits per heavy atom. The molecule has 3 N–H and O–H groups in total. The van der Waals surface area contributed by atoms with Crippen molar-refractivity contribution in [1.29, 1.82) is 5.26 Å². The number of benzene rings is 1. The van der Waals surface area contributed by atoms with Gasteiger partial charge in [0.1, 0.15) is 15.3 Å². The van der Waals surface area contributed by atoms with E-state index in [2.05, 4.69) is 21.9 Å². The number of carbonyl (C=O) groups excluding carboxylic acids is 3. The number of aromatic nitrogens is 1. The Morgan fingerprint density at radius 3 is 2.53 bits per heavy atom. The Balaban J connectivity index is 1.73. The van der Waals surface area contributed by atoms with Crippen LogP contribution < -0.4 is 30.7 Å². The van der Waals surface area contributed by atoms with Gasteiger partial charge >= 0.3 is 0 Å². The smallest absolute Gasteiger partial charge is 0.270 e. The SMILES string of the molecule is C#CCNC(=O)C(C#N)=c1sc(=CNc2cccc(NC(=O)CN3CCN(C(C)=O)CC3)c2)c(=O)n1CC. The molecule has 11 nitrogen and oxygen atoms in total. The molecule has 0 saturated carbocycles. The number of hydrogen-bond donors (Lipinski definition) is 3. The second-order valence-electron chi connectivity index (χ2n) is 8.39. The molecule has 3 rings (SSSR count). The molecular formula is C26H29N7O4S. The number of piperazine rings is 1. The lowest BCUT2D eigenvalue weighted by molar-refractivity contribution is -0.130. The van der Waals surface area contributed by atoms with Crippen molar-refractivity contribution in [2.45, 2.75) is 20.4 Å². The van der Waals surface area contributed by atoms with Gasteiger partial charge in [-0.25, -0.2) is 0 Å². The molecule has 0 radical (unpaired) electrons. The minimum absolute atomic E-state index is 0.0321. The lowest BCUT2D eigenvalue weighted by atomic mass is 10.2. The van der Waals surface area contributed by atoms with E-state index >= 15 is 0 Å². The summed E-state index contributed by atoms with van der Waals surface area (Å²) in [6.45, 7) is 6.23. The van der Waals surface area contributed by atoms with E-state index < -0.39 is 5.91 Å². The van der Waals surface area contributed by atoms with Gasteiger partial charge in [0, 0.05) is 57.2 Å². The van der Waals surface area contributed by atoms with Gasteiger partial charge in [0.25, 0.3) is 11.5 Å². The number of anilines is 2. The molecule has 1 aromatic heterocycles. The van der Waals surface area contributed by atoms with Crippen LogP contribution >= 0.6 is 11.3 Å². The largest absolute Gasteiger partial charge is 0.360 e. The summed E-state index contributed by atoms with van der Waals surface area (Å²) in [6.07, 6.45) is 6.68. The van der Waals surface area contributed by atoms with Crippen molar-refractivity contribution in [3.63, 3.8) is 0 Å². The van der Waals surface area contributed by atoms with Crippen molar-refractivity contribution in [3.8, 4) is 18.4 Å². The van der Waals surface area contributed by atoms with Crippen LogP contribution in [-0.2, 0) is 20.9 Å². The normalized spacial score (nSPS) is 14.7. The van der Waals surface area contributed by atoms with Gasteiger partial charge in [-0.05, 0) is 25.1 Å². The van der Waals surface area contributed by atoms with Gasteiger partial charge in [-0.3, -0.25) is 28.6 Å². The van der Waals surface area contributed by atoms with E-state index in [1.807, 2.05) is 11.0 Å². The highest BCUT2D eigenvalue weighted by Crippen LogP contribution is 2.15. The molecule has 1 aliphatic heterocycles. The van der Waals surface area contributed by atoms with Crippen LogP contribution in [0, 0.1) is 23.7 Å². The Morgan fingerprint density at radius 2 is 1.89 bits per heavy atom.